The molecule has 0 amide bonds. The van der Waals surface area contributed by atoms with Gasteiger partial charge in [0.1, 0.15) is 17.3 Å². The lowest BCUT2D eigenvalue weighted by molar-refractivity contribution is 0.360. The molecule has 0 N–H and O–H groups in total. The number of anilines is 1. The van der Waals surface area contributed by atoms with Gasteiger partial charge in [-0.05, 0) is 25.7 Å². The molecule has 3 rings (SSSR count). The Bertz CT molecular complexity index is 567. The number of hydrogen-bond acceptors (Lipinski definition) is 4. The summed E-state index contributed by atoms with van der Waals surface area (Å²) >= 11 is 6.07. The summed E-state index contributed by atoms with van der Waals surface area (Å²) in [5, 5.41) is 4.71. The number of halogens is 1. The van der Waals surface area contributed by atoms with Gasteiger partial charge in [-0.15, -0.1) is 0 Å². The molecule has 2 atom stereocenters. The number of aromatic nitrogens is 4. The molecule has 6 heteroatoms. The predicted octanol–water partition coefficient (Wildman–Crippen LogP) is 2.40. The van der Waals surface area contributed by atoms with Crippen molar-refractivity contribution < 1.29 is 0 Å². The van der Waals surface area contributed by atoms with E-state index < -0.39 is 0 Å². The summed E-state index contributed by atoms with van der Waals surface area (Å²) in [5.74, 6) is 2.22. The first-order chi connectivity index (χ1) is 8.66. The first-order valence-electron chi connectivity index (χ1n) is 6.30. The predicted molar refractivity (Wildman–Crippen MR) is 71.0 cm³/mol. The van der Waals surface area contributed by atoms with Crippen LogP contribution < -0.4 is 4.90 Å². The zero-order valence-corrected chi connectivity index (χ0v) is 11.3. The minimum atomic E-state index is 0.468. The third-order valence-corrected chi connectivity index (χ3v) is 4.06. The van der Waals surface area contributed by atoms with Crippen molar-refractivity contribution in [1.29, 1.82) is 0 Å². The maximum absolute atomic E-state index is 6.07. The number of fused-ring (bicyclic) bond motifs is 1. The van der Waals surface area contributed by atoms with E-state index in [1.165, 1.54) is 19.2 Å². The Hall–Kier alpha value is -1.36. The van der Waals surface area contributed by atoms with Crippen LogP contribution in [0.3, 0.4) is 0 Å². The van der Waals surface area contributed by atoms with Crippen LogP contribution in [0.25, 0.3) is 5.78 Å². The Labute approximate surface area is 111 Å². The number of rotatable bonds is 1. The van der Waals surface area contributed by atoms with Gasteiger partial charge in [-0.1, -0.05) is 18.5 Å². The van der Waals surface area contributed by atoms with Crippen LogP contribution in [0.4, 0.5) is 5.82 Å². The first-order valence-corrected chi connectivity index (χ1v) is 6.67. The molecule has 96 valence electrons. The summed E-state index contributed by atoms with van der Waals surface area (Å²) in [6.45, 7) is 5.57. The molecule has 2 aromatic rings. The van der Waals surface area contributed by atoms with Crippen molar-refractivity contribution in [2.24, 2.45) is 5.92 Å². The van der Waals surface area contributed by atoms with Crippen LogP contribution in [0.5, 0.6) is 0 Å². The van der Waals surface area contributed by atoms with E-state index in [9.17, 15) is 0 Å². The molecule has 5 nitrogen and oxygen atoms in total. The molecule has 0 spiro atoms. The standard InChI is InChI=1S/C12H16ClN5/c1-8-4-3-5-17(9(8)2)11-6-10(13)16-12-14-7-15-18(11)12/h6-9H,3-5H2,1-2H3. The van der Waals surface area contributed by atoms with Gasteiger partial charge < -0.3 is 4.90 Å². The van der Waals surface area contributed by atoms with Gasteiger partial charge in [0.2, 0.25) is 0 Å². The largest absolute Gasteiger partial charge is 0.353 e. The van der Waals surface area contributed by atoms with E-state index >= 15 is 0 Å². The van der Waals surface area contributed by atoms with Crippen molar-refractivity contribution in [3.05, 3.63) is 17.5 Å². The molecule has 0 radical (unpaired) electrons. The monoisotopic (exact) mass is 265 g/mol. The Morgan fingerprint density at radius 2 is 2.22 bits per heavy atom. The third kappa shape index (κ3) is 1.82. The highest BCUT2D eigenvalue weighted by Gasteiger charge is 2.27. The van der Waals surface area contributed by atoms with Crippen LogP contribution in [-0.2, 0) is 0 Å². The highest BCUT2D eigenvalue weighted by molar-refractivity contribution is 6.29. The van der Waals surface area contributed by atoms with Gasteiger partial charge in [-0.25, -0.2) is 0 Å². The van der Waals surface area contributed by atoms with Crippen molar-refractivity contribution >= 4 is 23.2 Å². The minimum absolute atomic E-state index is 0.468. The zero-order chi connectivity index (χ0) is 12.7. The molecule has 18 heavy (non-hydrogen) atoms. The van der Waals surface area contributed by atoms with Crippen molar-refractivity contribution in [2.75, 3.05) is 11.4 Å². The van der Waals surface area contributed by atoms with Crippen LogP contribution in [0.15, 0.2) is 12.4 Å². The lowest BCUT2D eigenvalue weighted by atomic mass is 9.92. The molecular formula is C12H16ClN5. The smallest absolute Gasteiger partial charge is 0.255 e. The highest BCUT2D eigenvalue weighted by Crippen LogP contribution is 2.29. The molecule has 3 heterocycles. The number of piperidine rings is 1. The van der Waals surface area contributed by atoms with Gasteiger partial charge in [0.25, 0.3) is 5.78 Å². The normalized spacial score (nSPS) is 24.7. The van der Waals surface area contributed by atoms with Gasteiger partial charge in [-0.2, -0.15) is 19.6 Å². The van der Waals surface area contributed by atoms with Crippen LogP contribution in [0.2, 0.25) is 5.15 Å². The lowest BCUT2D eigenvalue weighted by Gasteiger charge is -2.39. The molecule has 1 saturated heterocycles. The van der Waals surface area contributed by atoms with Crippen molar-refractivity contribution in [2.45, 2.75) is 32.7 Å². The summed E-state index contributed by atoms with van der Waals surface area (Å²) < 4.78 is 1.76. The average molecular weight is 266 g/mol. The van der Waals surface area contributed by atoms with E-state index in [2.05, 4.69) is 33.8 Å². The van der Waals surface area contributed by atoms with Gasteiger partial charge in [0.15, 0.2) is 0 Å². The van der Waals surface area contributed by atoms with Crippen LogP contribution in [0, 0.1) is 5.92 Å². The van der Waals surface area contributed by atoms with Gasteiger partial charge >= 0.3 is 0 Å². The molecule has 1 fully saturated rings. The van der Waals surface area contributed by atoms with Crippen LogP contribution in [0.1, 0.15) is 26.7 Å². The maximum Gasteiger partial charge on any atom is 0.255 e. The Kier molecular flexibility index (Phi) is 2.86. The van der Waals surface area contributed by atoms with E-state index in [0.717, 1.165) is 12.4 Å². The SMILES string of the molecule is CC1CCCN(c2cc(Cl)nc3ncnn23)C1C. The number of hydrogen-bond donors (Lipinski definition) is 0. The third-order valence-electron chi connectivity index (χ3n) is 3.87. The van der Waals surface area contributed by atoms with Crippen LogP contribution >= 0.6 is 11.6 Å². The van der Waals surface area contributed by atoms with Crippen LogP contribution in [-0.4, -0.2) is 32.2 Å². The second kappa shape index (κ2) is 4.39. The Balaban J connectivity index is 2.10. The summed E-state index contributed by atoms with van der Waals surface area (Å²) in [6.07, 6.45) is 3.98. The molecular weight excluding hydrogens is 250 g/mol. The van der Waals surface area contributed by atoms with E-state index in [4.69, 9.17) is 11.6 Å². The number of nitrogens with zero attached hydrogens (tertiary/aromatic N) is 5. The van der Waals surface area contributed by atoms with Crippen molar-refractivity contribution in [3.8, 4) is 0 Å². The molecule has 0 aliphatic carbocycles. The first kappa shape index (κ1) is 11.7. The minimum Gasteiger partial charge on any atom is -0.353 e. The van der Waals surface area contributed by atoms with E-state index in [1.54, 1.807) is 4.52 Å². The maximum atomic E-state index is 6.07. The van der Waals surface area contributed by atoms with Gasteiger partial charge in [0.05, 0.1) is 0 Å². The molecule has 0 saturated carbocycles. The molecule has 0 bridgehead atoms. The van der Waals surface area contributed by atoms with Crippen molar-refractivity contribution in [1.82, 2.24) is 19.6 Å². The van der Waals surface area contributed by atoms with Gasteiger partial charge in [0, 0.05) is 18.7 Å². The summed E-state index contributed by atoms with van der Waals surface area (Å²) in [6, 6.07) is 2.35. The topological polar surface area (TPSA) is 46.3 Å². The average Bonchev–Trinajstić information content (AvgIpc) is 2.79. The Morgan fingerprint density at radius 3 is 3.06 bits per heavy atom. The molecule has 1 aliphatic heterocycles. The van der Waals surface area contributed by atoms with Gasteiger partial charge in [-0.3, -0.25) is 0 Å². The molecule has 2 unspecified atom stereocenters. The van der Waals surface area contributed by atoms with Crippen molar-refractivity contribution in [3.63, 3.8) is 0 Å². The second-order valence-corrected chi connectivity index (χ2v) is 5.35. The van der Waals surface area contributed by atoms with E-state index in [-0.39, 0.29) is 0 Å². The zero-order valence-electron chi connectivity index (χ0n) is 10.5. The highest BCUT2D eigenvalue weighted by atomic mass is 35.5. The summed E-state index contributed by atoms with van der Waals surface area (Å²) in [5.41, 5.74) is 0. The van der Waals surface area contributed by atoms with E-state index in [0.29, 0.717) is 22.9 Å². The molecule has 0 aromatic carbocycles. The fraction of sp³-hybridized carbons (Fsp3) is 0.583. The molecule has 1 aliphatic rings. The lowest BCUT2D eigenvalue weighted by Crippen LogP contribution is -2.43. The van der Waals surface area contributed by atoms with E-state index in [1.807, 2.05) is 6.07 Å². The molecule has 2 aromatic heterocycles. The quantitative estimate of drug-likeness (QED) is 0.743. The summed E-state index contributed by atoms with van der Waals surface area (Å²) in [4.78, 5) is 10.6. The summed E-state index contributed by atoms with van der Waals surface area (Å²) in [7, 11) is 0. The Morgan fingerprint density at radius 1 is 1.39 bits per heavy atom. The second-order valence-electron chi connectivity index (χ2n) is 4.96. The fourth-order valence-electron chi connectivity index (χ4n) is 2.63. The fourth-order valence-corrected chi connectivity index (χ4v) is 2.81.